The number of ether oxygens (including phenoxy) is 1. The summed E-state index contributed by atoms with van der Waals surface area (Å²) in [5.74, 6) is -1.69. The number of hydrogen-bond acceptors (Lipinski definition) is 3. The summed E-state index contributed by atoms with van der Waals surface area (Å²) in [6.07, 6.45) is 5.29. The first-order valence-corrected chi connectivity index (χ1v) is 7.44. The molecule has 0 N–H and O–H groups in total. The number of esters is 1. The number of aryl methyl sites for hydroxylation is 1. The Kier molecular flexibility index (Phi) is 7.49. The molecule has 0 heterocycles. The van der Waals surface area contributed by atoms with E-state index < -0.39 is 11.8 Å². The molecule has 0 aromatic heterocycles. The highest BCUT2D eigenvalue weighted by Crippen LogP contribution is 2.14. The summed E-state index contributed by atoms with van der Waals surface area (Å²) in [7, 11) is 0. The van der Waals surface area contributed by atoms with E-state index in [0.29, 0.717) is 5.56 Å². The normalized spacial score (nSPS) is 10.7. The first kappa shape index (κ1) is 18.4. The van der Waals surface area contributed by atoms with Gasteiger partial charge in [-0.3, -0.25) is 0 Å². The second kappa shape index (κ2) is 9.37. The minimum atomic E-state index is -0.878. The Morgan fingerprint density at radius 1 is 1.30 bits per heavy atom. The quantitative estimate of drug-likeness (QED) is 0.222. The standard InChI is InChI=1S/C19H20FNO2/c1-4-5-6-7-16-8-10-17(11-9-16)19(22)23-15(3)12-18(20)14(2)13-21/h8-12H,2-7H2,1H3/b18-12+. The van der Waals surface area contributed by atoms with Gasteiger partial charge in [0.05, 0.1) is 11.1 Å². The van der Waals surface area contributed by atoms with Crippen LogP contribution in [0.4, 0.5) is 4.39 Å². The van der Waals surface area contributed by atoms with Crippen LogP contribution >= 0.6 is 0 Å². The zero-order valence-electron chi connectivity index (χ0n) is 13.3. The van der Waals surface area contributed by atoms with Gasteiger partial charge in [0, 0.05) is 6.08 Å². The Morgan fingerprint density at radius 2 is 1.96 bits per heavy atom. The molecule has 1 aromatic carbocycles. The van der Waals surface area contributed by atoms with Crippen LogP contribution in [0.1, 0.15) is 42.1 Å². The zero-order chi connectivity index (χ0) is 17.2. The van der Waals surface area contributed by atoms with Gasteiger partial charge in [-0.25, -0.2) is 9.18 Å². The molecule has 0 atom stereocenters. The molecule has 0 aliphatic rings. The summed E-state index contributed by atoms with van der Waals surface area (Å²) in [6.45, 7) is 8.80. The van der Waals surface area contributed by atoms with E-state index in [4.69, 9.17) is 10.00 Å². The zero-order valence-corrected chi connectivity index (χ0v) is 13.3. The molecule has 4 heteroatoms. The third-order valence-corrected chi connectivity index (χ3v) is 3.19. The van der Waals surface area contributed by atoms with Crippen LogP contribution in [0.2, 0.25) is 0 Å². The van der Waals surface area contributed by atoms with Crippen LogP contribution in [0.25, 0.3) is 0 Å². The molecular weight excluding hydrogens is 293 g/mol. The molecule has 0 saturated heterocycles. The third-order valence-electron chi connectivity index (χ3n) is 3.19. The lowest BCUT2D eigenvalue weighted by Gasteiger charge is -2.05. The van der Waals surface area contributed by atoms with Crippen molar-refractivity contribution in [2.75, 3.05) is 0 Å². The van der Waals surface area contributed by atoms with Gasteiger partial charge in [-0.15, -0.1) is 0 Å². The monoisotopic (exact) mass is 313 g/mol. The van der Waals surface area contributed by atoms with Gasteiger partial charge in [-0.1, -0.05) is 45.1 Å². The summed E-state index contributed by atoms with van der Waals surface area (Å²) < 4.78 is 18.3. The Labute approximate surface area is 136 Å². The molecule has 0 aliphatic carbocycles. The van der Waals surface area contributed by atoms with Crippen LogP contribution in [0.3, 0.4) is 0 Å². The summed E-state index contributed by atoms with van der Waals surface area (Å²) >= 11 is 0. The molecule has 0 bridgehead atoms. The Bertz CT molecular complexity index is 651. The number of nitriles is 1. The fraction of sp³-hybridized carbons (Fsp3) is 0.263. The Hall–Kier alpha value is -2.67. The molecule has 0 aliphatic heterocycles. The van der Waals surface area contributed by atoms with Gasteiger partial charge in [-0.2, -0.15) is 5.26 Å². The highest BCUT2D eigenvalue weighted by molar-refractivity contribution is 5.90. The molecule has 3 nitrogen and oxygen atoms in total. The van der Waals surface area contributed by atoms with Crippen molar-refractivity contribution in [2.24, 2.45) is 0 Å². The second-order valence-corrected chi connectivity index (χ2v) is 5.09. The number of halogens is 1. The molecule has 1 rings (SSSR count). The average Bonchev–Trinajstić information content (AvgIpc) is 2.54. The molecule has 1 aromatic rings. The Morgan fingerprint density at radius 3 is 2.52 bits per heavy atom. The molecule has 0 spiro atoms. The molecule has 0 saturated carbocycles. The number of rotatable bonds is 8. The summed E-state index contributed by atoms with van der Waals surface area (Å²) in [4.78, 5) is 11.9. The number of benzene rings is 1. The minimum absolute atomic E-state index is 0.184. The van der Waals surface area contributed by atoms with E-state index in [1.807, 2.05) is 12.1 Å². The van der Waals surface area contributed by atoms with Crippen molar-refractivity contribution in [1.29, 1.82) is 5.26 Å². The Balaban J connectivity index is 2.63. The topological polar surface area (TPSA) is 50.1 Å². The molecule has 23 heavy (non-hydrogen) atoms. The van der Waals surface area contributed by atoms with Crippen molar-refractivity contribution in [1.82, 2.24) is 0 Å². The lowest BCUT2D eigenvalue weighted by molar-refractivity contribution is 0.0638. The van der Waals surface area contributed by atoms with Crippen LogP contribution in [0.15, 0.2) is 60.7 Å². The molecule has 120 valence electrons. The largest absolute Gasteiger partial charge is 0.423 e. The fourth-order valence-corrected chi connectivity index (χ4v) is 1.88. The second-order valence-electron chi connectivity index (χ2n) is 5.09. The molecule has 0 fully saturated rings. The van der Waals surface area contributed by atoms with E-state index in [1.54, 1.807) is 18.2 Å². The van der Waals surface area contributed by atoms with Crippen LogP contribution < -0.4 is 0 Å². The van der Waals surface area contributed by atoms with Crippen molar-refractivity contribution in [2.45, 2.75) is 32.6 Å². The number of allylic oxidation sites excluding steroid dienone is 3. The average molecular weight is 313 g/mol. The first-order chi connectivity index (χ1) is 11.0. The van der Waals surface area contributed by atoms with Crippen molar-refractivity contribution >= 4 is 5.97 Å². The van der Waals surface area contributed by atoms with Crippen molar-refractivity contribution in [3.8, 4) is 6.07 Å². The number of nitrogens with zero attached hydrogens (tertiary/aromatic N) is 1. The van der Waals surface area contributed by atoms with Gasteiger partial charge in [-0.05, 0) is 30.5 Å². The highest BCUT2D eigenvalue weighted by atomic mass is 19.1. The number of unbranched alkanes of at least 4 members (excludes halogenated alkanes) is 2. The van der Waals surface area contributed by atoms with Gasteiger partial charge in [0.1, 0.15) is 17.7 Å². The molecule has 0 unspecified atom stereocenters. The van der Waals surface area contributed by atoms with Gasteiger partial charge < -0.3 is 4.74 Å². The van der Waals surface area contributed by atoms with Crippen LogP contribution in [0.5, 0.6) is 0 Å². The fourth-order valence-electron chi connectivity index (χ4n) is 1.88. The number of carbonyl (C=O) groups excluding carboxylic acids is 1. The molecular formula is C19H20FNO2. The summed E-state index contributed by atoms with van der Waals surface area (Å²) in [6, 6.07) is 8.66. The van der Waals surface area contributed by atoms with E-state index in [0.717, 1.165) is 30.9 Å². The van der Waals surface area contributed by atoms with Crippen LogP contribution in [0, 0.1) is 11.3 Å². The van der Waals surface area contributed by atoms with Crippen LogP contribution in [-0.2, 0) is 11.2 Å². The number of carbonyl (C=O) groups is 1. The van der Waals surface area contributed by atoms with Gasteiger partial charge >= 0.3 is 5.97 Å². The highest BCUT2D eigenvalue weighted by Gasteiger charge is 2.10. The molecule has 0 amide bonds. The van der Waals surface area contributed by atoms with Crippen molar-refractivity contribution in [3.05, 3.63) is 71.8 Å². The van der Waals surface area contributed by atoms with Gasteiger partial charge in [0.15, 0.2) is 0 Å². The SMILES string of the molecule is C=C(/C=C(/F)C(=C)C#N)OC(=O)c1ccc(CCCCC)cc1. The number of hydrogen-bond donors (Lipinski definition) is 0. The maximum atomic E-state index is 13.4. The maximum Gasteiger partial charge on any atom is 0.343 e. The van der Waals surface area contributed by atoms with E-state index in [2.05, 4.69) is 20.1 Å². The maximum absolute atomic E-state index is 13.4. The van der Waals surface area contributed by atoms with Gasteiger partial charge in [0.25, 0.3) is 0 Å². The van der Waals surface area contributed by atoms with Crippen molar-refractivity contribution < 1.29 is 13.9 Å². The molecule has 0 radical (unpaired) electrons. The lowest BCUT2D eigenvalue weighted by atomic mass is 10.1. The predicted octanol–water partition coefficient (Wildman–Crippen LogP) is 5.02. The lowest BCUT2D eigenvalue weighted by Crippen LogP contribution is -2.04. The minimum Gasteiger partial charge on any atom is -0.423 e. The van der Waals surface area contributed by atoms with E-state index in [1.165, 1.54) is 6.42 Å². The van der Waals surface area contributed by atoms with Crippen molar-refractivity contribution in [3.63, 3.8) is 0 Å². The van der Waals surface area contributed by atoms with Gasteiger partial charge in [0.2, 0.25) is 0 Å². The van der Waals surface area contributed by atoms with E-state index >= 15 is 0 Å². The summed E-state index contributed by atoms with van der Waals surface area (Å²) in [5, 5.41) is 8.51. The van der Waals surface area contributed by atoms with E-state index in [-0.39, 0.29) is 11.3 Å². The van der Waals surface area contributed by atoms with Crippen LogP contribution in [-0.4, -0.2) is 5.97 Å². The van der Waals surface area contributed by atoms with E-state index in [9.17, 15) is 9.18 Å². The smallest absolute Gasteiger partial charge is 0.343 e. The predicted molar refractivity (Wildman–Crippen MR) is 88.2 cm³/mol. The summed E-state index contributed by atoms with van der Waals surface area (Å²) in [5.41, 5.74) is 1.17. The first-order valence-electron chi connectivity index (χ1n) is 7.44. The third kappa shape index (κ3) is 6.31.